The first-order valence-corrected chi connectivity index (χ1v) is 23.0. The van der Waals surface area contributed by atoms with Crippen molar-refractivity contribution < 1.29 is 95.3 Å². The molecule has 32 heteroatoms. The quantitative estimate of drug-likeness (QED) is 0.0230. The third-order valence-corrected chi connectivity index (χ3v) is 11.0. The van der Waals surface area contributed by atoms with Crippen LogP contribution in [0.1, 0.15) is 37.8 Å². The fraction of sp³-hybridized carbons (Fsp3) is 0.500. The lowest BCUT2D eigenvalue weighted by Gasteiger charge is -2.39. The van der Waals surface area contributed by atoms with E-state index in [1.807, 2.05) is 0 Å². The fourth-order valence-electron chi connectivity index (χ4n) is 7.82. The number of methoxy groups -OCH3 is 2. The summed E-state index contributed by atoms with van der Waals surface area (Å²) in [5, 5.41) is 15.5. The number of amides is 6. The second-order valence-corrected chi connectivity index (χ2v) is 16.7. The van der Waals surface area contributed by atoms with E-state index in [0.29, 0.717) is 11.1 Å². The van der Waals surface area contributed by atoms with Crippen LogP contribution in [0.25, 0.3) is 0 Å². The van der Waals surface area contributed by atoms with Crippen molar-refractivity contribution in [1.29, 1.82) is 0 Å². The van der Waals surface area contributed by atoms with Crippen molar-refractivity contribution in [1.82, 2.24) is 31.9 Å². The second kappa shape index (κ2) is 27.2. The van der Waals surface area contributed by atoms with Gasteiger partial charge in [-0.05, 0) is 23.3 Å². The fourth-order valence-corrected chi connectivity index (χ4v) is 7.82. The van der Waals surface area contributed by atoms with Gasteiger partial charge in [0.25, 0.3) is 0 Å². The van der Waals surface area contributed by atoms with E-state index in [4.69, 9.17) is 70.3 Å². The Kier molecular flexibility index (Phi) is 20.6. The van der Waals surface area contributed by atoms with Gasteiger partial charge in [0.1, 0.15) is 13.2 Å². The summed E-state index contributed by atoms with van der Waals surface area (Å²) in [7, 11) is 2.15. The highest BCUT2D eigenvalue weighted by atomic mass is 16.8. The van der Waals surface area contributed by atoms with Gasteiger partial charge in [0, 0.05) is 52.9 Å². The highest BCUT2D eigenvalue weighted by Crippen LogP contribution is 2.31. The number of alkyl carbamates (subject to hydrolysis) is 2. The molecule has 0 saturated carbocycles. The molecule has 5 rings (SSSR count). The maximum Gasteiger partial charge on any atom is 0.508 e. The zero-order valence-corrected chi connectivity index (χ0v) is 41.3. The summed E-state index contributed by atoms with van der Waals surface area (Å²) in [6, 6.07) is 2.12. The Morgan fingerprint density at radius 2 is 1.01 bits per heavy atom. The first kappa shape index (κ1) is 57.6. The molecular weight excluding hydrogens is 1020 g/mol. The van der Waals surface area contributed by atoms with E-state index in [9.17, 15) is 47.9 Å². The number of cyclic esters (lactones) is 4. The predicted octanol–water partition coefficient (Wildman–Crippen LogP) is -3.84. The first-order valence-electron chi connectivity index (χ1n) is 23.0. The van der Waals surface area contributed by atoms with E-state index in [2.05, 4.69) is 41.9 Å². The first-order chi connectivity index (χ1) is 36.1. The minimum absolute atomic E-state index is 0.0443. The van der Waals surface area contributed by atoms with E-state index in [1.54, 1.807) is 24.3 Å². The van der Waals surface area contributed by atoms with Crippen LogP contribution in [0.4, 0.5) is 19.2 Å². The van der Waals surface area contributed by atoms with Gasteiger partial charge in [-0.1, -0.05) is 24.3 Å². The second-order valence-electron chi connectivity index (χ2n) is 16.7. The van der Waals surface area contributed by atoms with Gasteiger partial charge in [-0.15, -0.1) is 0 Å². The van der Waals surface area contributed by atoms with Crippen LogP contribution in [-0.2, 0) is 89.2 Å². The average molecular weight is 1080 g/mol. The highest BCUT2D eigenvalue weighted by molar-refractivity contribution is 5.88. The SMILES string of the molecule is COC(=O)C1=CC(N=C(N)N)C(NC(C)=O)C(C(OC(=O)NCCC(=O)NCc2cccc(CNC(=O)CCNC(=O)O[C@@H]([C@@H]3OC(C(=O)OC)=CC(N=C(N)N)[C@H]3NC(C)=O)[C@H]3COC(=O)O3)c2)C2COC(=O)O2)O1. The van der Waals surface area contributed by atoms with Crippen molar-refractivity contribution >= 4 is 72.0 Å². The number of carbonyl (C=O) groups excluding carboxylic acids is 10. The third kappa shape index (κ3) is 16.9. The topological polar surface area (TPSA) is 464 Å². The maximum absolute atomic E-state index is 13.2. The van der Waals surface area contributed by atoms with Gasteiger partial charge in [-0.2, -0.15) is 0 Å². The Bertz CT molecular complexity index is 2330. The number of esters is 2. The van der Waals surface area contributed by atoms with Crippen LogP contribution < -0.4 is 54.8 Å². The van der Waals surface area contributed by atoms with Gasteiger partial charge in [-0.3, -0.25) is 19.2 Å². The van der Waals surface area contributed by atoms with Gasteiger partial charge >= 0.3 is 36.4 Å². The molecule has 414 valence electrons. The van der Waals surface area contributed by atoms with E-state index < -0.39 is 158 Å². The number of carbonyl (C=O) groups is 10. The summed E-state index contributed by atoms with van der Waals surface area (Å²) in [6.45, 7) is 1.09. The van der Waals surface area contributed by atoms with Crippen LogP contribution in [0.2, 0.25) is 0 Å². The number of ether oxygens (including phenoxy) is 10. The molecule has 2 saturated heterocycles. The minimum atomic E-state index is -1.56. The standard InChI is InChI=1S/C44H58N12O20/c1-19(57)53-31-23(55-39(45)46)13-25(37(61)67-3)71-35(31)33(27-17-69-43(65)73-27)75-41(63)49-10-8-29(59)51-15-21-6-5-7-22(12-21)16-52-30(60)9-11-50-42(64)76-34(28-18-70-44(66)74-28)36-32(54-20(2)58)24(56-40(47)48)14-26(72-36)38(62)68-4/h5-7,12-14,23-24,27-28,31-36H,8-11,15-18H2,1-4H3,(H,49,63)(H,50,64)(H,51,59)(H,52,60)(H,53,57)(H,54,58)(H4,45,46,55)(H4,47,48,56)/t23?,24?,27-,28?,31-,32?,33-,34?,35-,36?/m1/s1. The van der Waals surface area contributed by atoms with E-state index in [0.717, 1.165) is 14.2 Å². The van der Waals surface area contributed by atoms with Gasteiger partial charge < -0.3 is 102 Å². The van der Waals surface area contributed by atoms with E-state index >= 15 is 0 Å². The Morgan fingerprint density at radius 3 is 1.34 bits per heavy atom. The molecule has 6 unspecified atom stereocenters. The number of guanidine groups is 2. The predicted molar refractivity (Wildman–Crippen MR) is 253 cm³/mol. The molecule has 4 aliphatic rings. The normalized spacial score (nSPS) is 23.0. The van der Waals surface area contributed by atoms with Crippen molar-refractivity contribution in [3.05, 3.63) is 59.1 Å². The summed E-state index contributed by atoms with van der Waals surface area (Å²) >= 11 is 0. The number of hydrogen-bond acceptors (Lipinski definition) is 22. The van der Waals surface area contributed by atoms with Crippen molar-refractivity contribution in [3.63, 3.8) is 0 Å². The van der Waals surface area contributed by atoms with Gasteiger partial charge in [-0.25, -0.2) is 38.8 Å². The monoisotopic (exact) mass is 1070 g/mol. The van der Waals surface area contributed by atoms with Crippen molar-refractivity contribution in [2.45, 2.75) is 101 Å². The highest BCUT2D eigenvalue weighted by Gasteiger charge is 2.52. The molecule has 6 amide bonds. The molecule has 1 aromatic rings. The largest absolute Gasteiger partial charge is 0.508 e. The van der Waals surface area contributed by atoms with Gasteiger partial charge in [0.05, 0.1) is 38.4 Å². The molecule has 2 fully saturated rings. The molecule has 0 aromatic heterocycles. The van der Waals surface area contributed by atoms with Crippen LogP contribution in [-0.4, -0.2) is 173 Å². The number of hydrogen-bond donors (Lipinski definition) is 10. The van der Waals surface area contributed by atoms with Crippen LogP contribution in [0, 0.1) is 0 Å². The molecule has 0 spiro atoms. The van der Waals surface area contributed by atoms with Crippen LogP contribution in [0.5, 0.6) is 0 Å². The summed E-state index contributed by atoms with van der Waals surface area (Å²) in [5.74, 6) is -5.77. The lowest BCUT2D eigenvalue weighted by Crippen LogP contribution is -2.61. The van der Waals surface area contributed by atoms with Crippen molar-refractivity contribution in [2.75, 3.05) is 40.5 Å². The molecule has 14 N–H and O–H groups in total. The number of nitrogens with zero attached hydrogens (tertiary/aromatic N) is 2. The van der Waals surface area contributed by atoms with Gasteiger partial charge in [0.15, 0.2) is 48.5 Å². The summed E-state index contributed by atoms with van der Waals surface area (Å²) < 4.78 is 52.7. The van der Waals surface area contributed by atoms with E-state index in [1.165, 1.54) is 26.0 Å². The Labute approximate surface area is 431 Å². The Balaban J connectivity index is 1.10. The molecule has 76 heavy (non-hydrogen) atoms. The molecule has 1 aromatic carbocycles. The van der Waals surface area contributed by atoms with Crippen LogP contribution in [0.15, 0.2) is 57.9 Å². The summed E-state index contributed by atoms with van der Waals surface area (Å²) in [4.78, 5) is 134. The van der Waals surface area contributed by atoms with Gasteiger partial charge in [0.2, 0.25) is 35.1 Å². The molecule has 0 bridgehead atoms. The zero-order chi connectivity index (χ0) is 55.6. The molecule has 4 aliphatic heterocycles. The number of nitrogens with one attached hydrogen (secondary N) is 6. The number of benzene rings is 1. The van der Waals surface area contributed by atoms with E-state index in [-0.39, 0.29) is 39.0 Å². The Hall–Kier alpha value is -9.26. The molecule has 32 nitrogen and oxygen atoms in total. The number of nitrogens with two attached hydrogens (primary N) is 4. The van der Waals surface area contributed by atoms with Crippen molar-refractivity contribution in [3.8, 4) is 0 Å². The Morgan fingerprint density at radius 1 is 0.618 bits per heavy atom. The molecule has 0 aliphatic carbocycles. The average Bonchev–Trinajstić information content (AvgIpc) is 4.01. The zero-order valence-electron chi connectivity index (χ0n) is 41.3. The lowest BCUT2D eigenvalue weighted by molar-refractivity contribution is -0.148. The van der Waals surface area contributed by atoms with Crippen molar-refractivity contribution in [2.24, 2.45) is 32.9 Å². The minimum Gasteiger partial charge on any atom is -0.477 e. The smallest absolute Gasteiger partial charge is 0.477 e. The number of aliphatic imine (C=N–C) groups is 2. The summed E-state index contributed by atoms with van der Waals surface area (Å²) in [5.41, 5.74) is 23.7. The molecular formula is C44H58N12O20. The molecule has 10 atom stereocenters. The maximum atomic E-state index is 13.2. The van der Waals surface area contributed by atoms with Crippen LogP contribution >= 0.6 is 0 Å². The lowest BCUT2D eigenvalue weighted by atomic mass is 9.92. The summed E-state index contributed by atoms with van der Waals surface area (Å²) in [6.07, 6.45) is -11.2. The third-order valence-electron chi connectivity index (χ3n) is 11.0. The number of rotatable bonds is 22. The molecule has 4 heterocycles. The molecule has 0 radical (unpaired) electrons. The van der Waals surface area contributed by atoms with Crippen LogP contribution in [0.3, 0.4) is 0 Å².